The summed E-state index contributed by atoms with van der Waals surface area (Å²) in [6.07, 6.45) is 5.65. The van der Waals surface area contributed by atoms with Crippen molar-refractivity contribution in [3.8, 4) is 6.07 Å². The molecular weight excluding hydrogens is 493 g/mol. The fraction of sp³-hybridized carbons (Fsp3) is 0.333. The number of benzene rings is 2. The number of anilines is 2. The summed E-state index contributed by atoms with van der Waals surface area (Å²) in [5, 5.41) is 20.1. The highest BCUT2D eigenvalue weighted by Gasteiger charge is 2.32. The molecule has 2 aromatic carbocycles. The molecule has 1 aliphatic heterocycles. The summed E-state index contributed by atoms with van der Waals surface area (Å²) in [5.41, 5.74) is 9.75. The van der Waals surface area contributed by atoms with Crippen molar-refractivity contribution in [1.29, 1.82) is 5.26 Å². The van der Waals surface area contributed by atoms with Gasteiger partial charge in [0.25, 0.3) is 0 Å². The molecule has 1 fully saturated rings. The number of hydrazine groups is 2. The normalized spacial score (nSPS) is 17.6. The molecule has 7 nitrogen and oxygen atoms in total. The zero-order chi connectivity index (χ0) is 26.4. The molecule has 1 unspecified atom stereocenters. The second-order valence-corrected chi connectivity index (χ2v) is 11.1. The van der Waals surface area contributed by atoms with Crippen LogP contribution in [0.4, 0.5) is 11.4 Å². The first-order chi connectivity index (χ1) is 17.6. The smallest absolute Gasteiger partial charge is 0.103 e. The maximum Gasteiger partial charge on any atom is 0.103 e. The van der Waals surface area contributed by atoms with Crippen LogP contribution in [0.5, 0.6) is 0 Å². The third-order valence-corrected chi connectivity index (χ3v) is 6.67. The summed E-state index contributed by atoms with van der Waals surface area (Å²) in [7, 11) is 0. The zero-order valence-electron chi connectivity index (χ0n) is 21.4. The molecule has 0 bridgehead atoms. The number of hydrogen-bond acceptors (Lipinski definition) is 7. The molecule has 2 aliphatic rings. The van der Waals surface area contributed by atoms with Gasteiger partial charge in [0.1, 0.15) is 6.07 Å². The Morgan fingerprint density at radius 2 is 2.03 bits per heavy atom. The lowest BCUT2D eigenvalue weighted by Crippen LogP contribution is -2.38. The van der Waals surface area contributed by atoms with Crippen molar-refractivity contribution in [2.45, 2.75) is 45.7 Å². The molecule has 0 amide bonds. The first kappa shape index (κ1) is 23.2. The molecule has 0 saturated heterocycles. The molecule has 3 aromatic rings. The van der Waals surface area contributed by atoms with Gasteiger partial charge in [0, 0.05) is 41.1 Å². The zero-order valence-corrected chi connectivity index (χ0v) is 21.9. The van der Waals surface area contributed by atoms with Crippen LogP contribution in [0.25, 0.3) is 10.9 Å². The molecule has 0 radical (unpaired) electrons. The maximum atomic E-state index is 9.78. The minimum Gasteiger partial charge on any atom is -0.383 e. The van der Waals surface area contributed by atoms with E-state index in [1.807, 2.05) is 35.5 Å². The van der Waals surface area contributed by atoms with Crippen LogP contribution in [-0.2, 0) is 0 Å². The third kappa shape index (κ3) is 5.17. The maximum absolute atomic E-state index is 9.78. The quantitative estimate of drug-likeness (QED) is 0.287. The molecule has 1 aromatic heterocycles. The van der Waals surface area contributed by atoms with Gasteiger partial charge in [-0.25, -0.2) is 0 Å². The van der Waals surface area contributed by atoms with Gasteiger partial charge in [0.2, 0.25) is 0 Å². The minimum atomic E-state index is -1.47. The first-order valence-electron chi connectivity index (χ1n) is 12.4. The van der Waals surface area contributed by atoms with Gasteiger partial charge < -0.3 is 16.1 Å². The molecule has 1 saturated carbocycles. The molecule has 36 heavy (non-hydrogen) atoms. The van der Waals surface area contributed by atoms with Gasteiger partial charge in [-0.15, -0.1) is 5.53 Å². The number of fused-ring (bicyclic) bond motifs is 1. The van der Waals surface area contributed by atoms with Gasteiger partial charge in [-0.1, -0.05) is 62.2 Å². The Labute approximate surface area is 222 Å². The lowest BCUT2D eigenvalue weighted by atomic mass is 9.96. The van der Waals surface area contributed by atoms with Crippen LogP contribution in [0.2, 0.25) is 10.0 Å². The van der Waals surface area contributed by atoms with E-state index in [9.17, 15) is 6.63 Å². The van der Waals surface area contributed by atoms with Crippen molar-refractivity contribution in [2.75, 3.05) is 17.2 Å². The van der Waals surface area contributed by atoms with Crippen LogP contribution >= 0.6 is 23.2 Å². The van der Waals surface area contributed by atoms with Crippen LogP contribution < -0.4 is 21.6 Å². The summed E-state index contributed by atoms with van der Waals surface area (Å²) in [6.45, 7) is 7.01. The number of nitrogens with one attached hydrogen (secondary N) is 4. The molecule has 186 valence electrons. The molecule has 5 rings (SSSR count). The van der Waals surface area contributed by atoms with E-state index in [0.717, 1.165) is 12.8 Å². The van der Waals surface area contributed by atoms with Crippen LogP contribution in [0, 0.1) is 16.7 Å². The molecule has 1 aliphatic carbocycles. The standard InChI is InChI=1S/C27H29Cl2N7/c1-27(2,3)15-32-24-16(12-30)13-31-25-20(24)10-17(11-22(25)29)33-26(19-6-4-5-7-21(19)28)23-14-36(35-34-23)18-8-9-18/h4-7,10-11,13-14,18,26,33-35H,8-9,15H2,1-3H3,(H,31,32)/i26D. The Hall–Kier alpha value is -3.18. The van der Waals surface area contributed by atoms with E-state index >= 15 is 0 Å². The molecule has 9 heteroatoms. The Balaban J connectivity index is 1.61. The Bertz CT molecular complexity index is 1420. The number of hydrogen-bond donors (Lipinski definition) is 4. The van der Waals surface area contributed by atoms with Gasteiger partial charge in [0.05, 0.1) is 34.9 Å². The van der Waals surface area contributed by atoms with Crippen LogP contribution in [0.3, 0.4) is 0 Å². The number of aromatic nitrogens is 1. The van der Waals surface area contributed by atoms with Gasteiger partial charge in [-0.2, -0.15) is 5.26 Å². The van der Waals surface area contributed by atoms with E-state index in [0.29, 0.717) is 61.7 Å². The predicted octanol–water partition coefficient (Wildman–Crippen LogP) is 6.35. The van der Waals surface area contributed by atoms with Crippen molar-refractivity contribution in [2.24, 2.45) is 5.41 Å². The highest BCUT2D eigenvalue weighted by molar-refractivity contribution is 6.36. The molecule has 0 spiro atoms. The highest BCUT2D eigenvalue weighted by atomic mass is 35.5. The van der Waals surface area contributed by atoms with Gasteiger partial charge in [-0.05, 0) is 42.0 Å². The Morgan fingerprint density at radius 3 is 2.72 bits per heavy atom. The largest absolute Gasteiger partial charge is 0.383 e. The van der Waals surface area contributed by atoms with Crippen LogP contribution in [-0.4, -0.2) is 22.6 Å². The van der Waals surface area contributed by atoms with E-state index in [1.54, 1.807) is 12.1 Å². The summed E-state index contributed by atoms with van der Waals surface area (Å²) < 4.78 is 9.64. The Morgan fingerprint density at radius 1 is 1.25 bits per heavy atom. The lowest BCUT2D eigenvalue weighted by Gasteiger charge is -2.24. The SMILES string of the molecule is [2H]C(Nc1cc(Cl)c2ncc(C#N)c(NCC(C)(C)C)c2c1)(C1=CN(C2CC2)NN1)c1ccccc1Cl. The minimum absolute atomic E-state index is 0.0105. The lowest BCUT2D eigenvalue weighted by molar-refractivity contribution is 0.260. The number of pyridine rings is 1. The number of nitriles is 1. The summed E-state index contributed by atoms with van der Waals surface area (Å²) in [6, 6.07) is 12.1. The molecule has 4 N–H and O–H groups in total. The van der Waals surface area contributed by atoms with Crippen molar-refractivity contribution in [3.63, 3.8) is 0 Å². The summed E-state index contributed by atoms with van der Waals surface area (Å²) >= 11 is 13.3. The predicted molar refractivity (Wildman–Crippen MR) is 146 cm³/mol. The summed E-state index contributed by atoms with van der Waals surface area (Å²) in [5.74, 6) is 0. The highest BCUT2D eigenvalue weighted by Crippen LogP contribution is 2.38. The molecule has 2 heterocycles. The van der Waals surface area contributed by atoms with Crippen molar-refractivity contribution >= 4 is 45.5 Å². The first-order valence-corrected chi connectivity index (χ1v) is 12.7. The summed E-state index contributed by atoms with van der Waals surface area (Å²) in [4.78, 5) is 4.45. The van der Waals surface area contributed by atoms with Crippen molar-refractivity contribution < 1.29 is 1.37 Å². The third-order valence-electron chi connectivity index (χ3n) is 6.05. The van der Waals surface area contributed by atoms with Gasteiger partial charge in [0.15, 0.2) is 0 Å². The van der Waals surface area contributed by atoms with Crippen LogP contribution in [0.15, 0.2) is 54.5 Å². The second-order valence-electron chi connectivity index (χ2n) is 10.3. The molecule has 1 atom stereocenters. The molecular formula is C27H29Cl2N7. The van der Waals surface area contributed by atoms with Crippen LogP contribution in [0.1, 0.15) is 52.1 Å². The topological polar surface area (TPSA) is 88.0 Å². The van der Waals surface area contributed by atoms with Gasteiger partial charge >= 0.3 is 0 Å². The van der Waals surface area contributed by atoms with Gasteiger partial charge in [-0.3, -0.25) is 9.99 Å². The van der Waals surface area contributed by atoms with E-state index < -0.39 is 6.02 Å². The second kappa shape index (κ2) is 9.70. The van der Waals surface area contributed by atoms with Crippen molar-refractivity contribution in [1.82, 2.24) is 21.0 Å². The number of nitrogens with zero attached hydrogens (tertiary/aromatic N) is 3. The fourth-order valence-corrected chi connectivity index (χ4v) is 4.55. The average molecular weight is 523 g/mol. The monoisotopic (exact) mass is 522 g/mol. The fourth-order valence-electron chi connectivity index (χ4n) is 4.05. The van der Waals surface area contributed by atoms with E-state index in [2.05, 4.69) is 53.4 Å². The van der Waals surface area contributed by atoms with E-state index in [1.165, 1.54) is 6.20 Å². The van der Waals surface area contributed by atoms with E-state index in [-0.39, 0.29) is 5.41 Å². The Kier molecular flexibility index (Phi) is 6.26. The number of halogens is 2. The van der Waals surface area contributed by atoms with Crippen molar-refractivity contribution in [3.05, 3.63) is 75.7 Å². The van der Waals surface area contributed by atoms with E-state index in [4.69, 9.17) is 23.2 Å². The number of rotatable bonds is 7. The average Bonchev–Trinajstić information content (AvgIpc) is 3.57.